The summed E-state index contributed by atoms with van der Waals surface area (Å²) in [5, 5.41) is 2.51. The third-order valence-electron chi connectivity index (χ3n) is 6.32. The number of rotatable bonds is 6. The fraction of sp³-hybridized carbons (Fsp3) is 0.333. The minimum absolute atomic E-state index is 0.206. The number of nitrogens with one attached hydrogen (secondary N) is 2. The van der Waals surface area contributed by atoms with Crippen LogP contribution >= 0.6 is 0 Å². The molecule has 6 rings (SSSR count). The lowest BCUT2D eigenvalue weighted by molar-refractivity contribution is -0.127. The number of aliphatic imine (C=N–C) groups is 1. The number of amidine groups is 1. The number of aromatic nitrogens is 2. The molecule has 1 fully saturated rings. The van der Waals surface area contributed by atoms with Gasteiger partial charge in [-0.15, -0.1) is 0 Å². The van der Waals surface area contributed by atoms with E-state index in [1.165, 1.54) is 0 Å². The lowest BCUT2D eigenvalue weighted by Gasteiger charge is -2.38. The lowest BCUT2D eigenvalue weighted by atomic mass is 10.1. The highest BCUT2D eigenvalue weighted by molar-refractivity contribution is 6.04. The zero-order valence-electron chi connectivity index (χ0n) is 18.7. The van der Waals surface area contributed by atoms with Crippen LogP contribution in [-0.2, 0) is 17.8 Å². The minimum atomic E-state index is -0.588. The summed E-state index contributed by atoms with van der Waals surface area (Å²) in [6.07, 6.45) is 0.602. The Bertz CT molecular complexity index is 1260. The Balaban J connectivity index is 1.36. The number of fused-ring (bicyclic) bond motifs is 3. The zero-order chi connectivity index (χ0) is 23.2. The van der Waals surface area contributed by atoms with Crippen LogP contribution in [0.5, 0.6) is 11.5 Å². The van der Waals surface area contributed by atoms with E-state index < -0.39 is 18.2 Å². The summed E-state index contributed by atoms with van der Waals surface area (Å²) < 4.78 is 10.9. The summed E-state index contributed by atoms with van der Waals surface area (Å²) >= 11 is 0. The molecule has 34 heavy (non-hydrogen) atoms. The maximum Gasteiger partial charge on any atom is 0.325 e. The van der Waals surface area contributed by atoms with Crippen LogP contribution in [0.15, 0.2) is 47.5 Å². The fourth-order valence-corrected chi connectivity index (χ4v) is 4.79. The first kappa shape index (κ1) is 20.5. The molecule has 2 unspecified atom stereocenters. The van der Waals surface area contributed by atoms with Crippen LogP contribution in [0.2, 0.25) is 0 Å². The number of carbonyl (C=O) groups is 2. The van der Waals surface area contributed by atoms with Crippen LogP contribution in [0.3, 0.4) is 0 Å². The van der Waals surface area contributed by atoms with Crippen LogP contribution in [0, 0.1) is 0 Å². The number of carbonyl (C=O) groups excluding carboxylic acids is 2. The predicted molar refractivity (Wildman–Crippen MR) is 123 cm³/mol. The van der Waals surface area contributed by atoms with Crippen molar-refractivity contribution in [2.24, 2.45) is 4.99 Å². The summed E-state index contributed by atoms with van der Waals surface area (Å²) in [5.74, 6) is 2.45. The summed E-state index contributed by atoms with van der Waals surface area (Å²) in [7, 11) is 0. The number of hydrogen-bond donors (Lipinski definition) is 2. The molecule has 0 radical (unpaired) electrons. The number of nitrogens with zero attached hydrogens (tertiary/aromatic N) is 4. The number of ether oxygens (including phenoxy) is 2. The lowest BCUT2D eigenvalue weighted by Crippen LogP contribution is -2.64. The van der Waals surface area contributed by atoms with Gasteiger partial charge in [-0.1, -0.05) is 37.3 Å². The van der Waals surface area contributed by atoms with Gasteiger partial charge in [0, 0.05) is 25.2 Å². The number of aromatic amines is 1. The molecule has 1 saturated heterocycles. The monoisotopic (exact) mass is 460 g/mol. The van der Waals surface area contributed by atoms with Gasteiger partial charge >= 0.3 is 6.03 Å². The van der Waals surface area contributed by atoms with Crippen LogP contribution in [-0.4, -0.2) is 63.1 Å². The quantitative estimate of drug-likeness (QED) is 0.584. The molecular weight excluding hydrogens is 436 g/mol. The van der Waals surface area contributed by atoms with E-state index in [0.717, 1.165) is 23.0 Å². The molecular formula is C24H24N6O4. The van der Waals surface area contributed by atoms with Crippen molar-refractivity contribution in [3.8, 4) is 11.5 Å². The van der Waals surface area contributed by atoms with Crippen LogP contribution < -0.4 is 14.8 Å². The highest BCUT2D eigenvalue weighted by Crippen LogP contribution is 2.35. The molecule has 3 aliphatic rings. The second-order valence-electron chi connectivity index (χ2n) is 8.59. The number of H-pyrrole nitrogens is 1. The van der Waals surface area contributed by atoms with Crippen molar-refractivity contribution in [2.75, 3.05) is 13.3 Å². The van der Waals surface area contributed by atoms with Crippen molar-refractivity contribution in [1.29, 1.82) is 0 Å². The summed E-state index contributed by atoms with van der Waals surface area (Å²) in [6, 6.07) is 12.7. The van der Waals surface area contributed by atoms with Crippen LogP contribution in [0.4, 0.5) is 4.79 Å². The first-order valence-corrected chi connectivity index (χ1v) is 11.4. The third-order valence-corrected chi connectivity index (χ3v) is 6.32. The molecule has 0 spiro atoms. The second-order valence-corrected chi connectivity index (χ2v) is 8.59. The molecule has 3 aliphatic heterocycles. The normalized spacial score (nSPS) is 21.1. The molecule has 3 amide bonds. The third kappa shape index (κ3) is 3.42. The topological polar surface area (TPSA) is 112 Å². The highest BCUT2D eigenvalue weighted by Gasteiger charge is 2.49. The average molecular weight is 460 g/mol. The molecule has 3 aromatic rings. The first-order chi connectivity index (χ1) is 16.6. The Morgan fingerprint density at radius 2 is 1.88 bits per heavy atom. The Labute approximate surface area is 195 Å². The molecule has 0 bridgehead atoms. The van der Waals surface area contributed by atoms with Gasteiger partial charge in [0.05, 0.1) is 17.5 Å². The molecule has 174 valence electrons. The Morgan fingerprint density at radius 1 is 1.09 bits per heavy atom. The zero-order valence-corrected chi connectivity index (χ0v) is 18.7. The van der Waals surface area contributed by atoms with E-state index >= 15 is 0 Å². The molecule has 10 nitrogen and oxygen atoms in total. The summed E-state index contributed by atoms with van der Waals surface area (Å²) in [5.41, 5.74) is 2.66. The van der Waals surface area contributed by atoms with E-state index in [-0.39, 0.29) is 12.7 Å². The number of imidazole rings is 1. The van der Waals surface area contributed by atoms with Crippen molar-refractivity contribution in [2.45, 2.75) is 38.5 Å². The van der Waals surface area contributed by atoms with Crippen LogP contribution in [0.1, 0.15) is 24.7 Å². The Kier molecular flexibility index (Phi) is 4.86. The largest absolute Gasteiger partial charge is 0.454 e. The molecule has 0 saturated carbocycles. The summed E-state index contributed by atoms with van der Waals surface area (Å²) in [6.45, 7) is 3.22. The van der Waals surface area contributed by atoms with Gasteiger partial charge in [0.25, 0.3) is 5.91 Å². The van der Waals surface area contributed by atoms with Gasteiger partial charge in [-0.25, -0.2) is 14.8 Å². The number of urea groups is 1. The number of imide groups is 1. The summed E-state index contributed by atoms with van der Waals surface area (Å²) in [4.78, 5) is 42.1. The number of hydrogen-bond acceptors (Lipinski definition) is 7. The van der Waals surface area contributed by atoms with E-state index in [0.29, 0.717) is 42.7 Å². The average Bonchev–Trinajstić information content (AvgIpc) is 3.53. The van der Waals surface area contributed by atoms with Gasteiger partial charge in [0.2, 0.25) is 6.79 Å². The molecule has 4 heterocycles. The smallest absolute Gasteiger partial charge is 0.325 e. The van der Waals surface area contributed by atoms with Crippen molar-refractivity contribution in [1.82, 2.24) is 25.1 Å². The van der Waals surface area contributed by atoms with E-state index in [1.807, 2.05) is 54.3 Å². The highest BCUT2D eigenvalue weighted by atomic mass is 16.7. The van der Waals surface area contributed by atoms with Gasteiger partial charge in [-0.2, -0.15) is 0 Å². The first-order valence-electron chi connectivity index (χ1n) is 11.4. The van der Waals surface area contributed by atoms with E-state index in [4.69, 9.17) is 19.5 Å². The van der Waals surface area contributed by atoms with Crippen molar-refractivity contribution < 1.29 is 19.1 Å². The van der Waals surface area contributed by atoms with Crippen molar-refractivity contribution in [3.05, 3.63) is 53.9 Å². The molecule has 1 aromatic heterocycles. The Morgan fingerprint density at radius 3 is 2.68 bits per heavy atom. The van der Waals surface area contributed by atoms with Gasteiger partial charge in [0.1, 0.15) is 11.7 Å². The van der Waals surface area contributed by atoms with E-state index in [1.54, 1.807) is 4.90 Å². The van der Waals surface area contributed by atoms with E-state index in [2.05, 4.69) is 10.3 Å². The standard InChI is InChI=1S/C24H24N6O4/c1-2-8-29-22-21(23(31)28-24(29)32)30(12-14-6-4-3-5-7-14)20(27-22)11-19-25-15-9-17-18(34-13-33-17)10-16(15)26-19/h3-7,9-10,21-22H,2,8,11-13H2,1H3,(H,25,26)(H,28,31,32). The second kappa shape index (κ2) is 8.05. The van der Waals surface area contributed by atoms with Crippen molar-refractivity contribution >= 4 is 28.8 Å². The van der Waals surface area contributed by atoms with E-state index in [9.17, 15) is 9.59 Å². The van der Waals surface area contributed by atoms with Gasteiger partial charge in [-0.05, 0) is 12.0 Å². The molecule has 2 atom stereocenters. The van der Waals surface area contributed by atoms with Gasteiger partial charge in [-0.3, -0.25) is 15.0 Å². The van der Waals surface area contributed by atoms with Gasteiger partial charge in [0.15, 0.2) is 23.7 Å². The Hall–Kier alpha value is -4.08. The minimum Gasteiger partial charge on any atom is -0.454 e. The van der Waals surface area contributed by atoms with Gasteiger partial charge < -0.3 is 19.4 Å². The van der Waals surface area contributed by atoms with Crippen LogP contribution in [0.25, 0.3) is 11.0 Å². The molecule has 10 heteroatoms. The predicted octanol–water partition coefficient (Wildman–Crippen LogP) is 2.40. The molecule has 2 N–H and O–H groups in total. The maximum absolute atomic E-state index is 13.0. The molecule has 2 aromatic carbocycles. The maximum atomic E-state index is 13.0. The number of benzene rings is 2. The SMILES string of the molecule is CCCN1C(=O)NC(=O)C2C1N=C(Cc1nc3cc4c(cc3[nH]1)OCO4)N2Cc1ccccc1. The number of amides is 3. The molecule has 0 aliphatic carbocycles. The fourth-order valence-electron chi connectivity index (χ4n) is 4.79. The van der Waals surface area contributed by atoms with Crippen molar-refractivity contribution in [3.63, 3.8) is 0 Å².